The fraction of sp³-hybridized carbons (Fsp3) is 0.833. The van der Waals surface area contributed by atoms with Crippen molar-refractivity contribution in [3.8, 4) is 0 Å². The number of aliphatic hydroxyl groups is 4. The smallest absolute Gasteiger partial charge is 0.334 e. The molecule has 2 spiro atoms. The highest BCUT2D eigenvalue weighted by molar-refractivity contribution is 5.92. The first-order chi connectivity index (χ1) is 20.9. The SMILES string of the molecule is CC(C)[C@]12O[C@H]1[C@@H]1O[C@]13[C@]1(O[C@H]1C[C@H]1C4=C(CC[C@@]13C)C(=O)OC4)[C@@H]2OC(=O)CCC(=O)O[C@@H]1O[C@H](CO)[C@@H](O)[C@H](O)[C@H]1O. The minimum atomic E-state index is -1.75. The van der Waals surface area contributed by atoms with Crippen molar-refractivity contribution in [2.24, 2.45) is 17.3 Å². The molecule has 0 unspecified atom stereocenters. The monoisotopic (exact) mass is 622 g/mol. The zero-order valence-electron chi connectivity index (χ0n) is 24.7. The van der Waals surface area contributed by atoms with Crippen LogP contribution in [0.1, 0.15) is 52.9 Å². The first-order valence-corrected chi connectivity index (χ1v) is 15.5. The lowest BCUT2D eigenvalue weighted by molar-refractivity contribution is -0.292. The quantitative estimate of drug-likeness (QED) is 0.149. The highest BCUT2D eigenvalue weighted by Gasteiger charge is 3.01. The van der Waals surface area contributed by atoms with Gasteiger partial charge >= 0.3 is 17.9 Å². The average Bonchev–Trinajstić information content (AvgIpc) is 3.90. The summed E-state index contributed by atoms with van der Waals surface area (Å²) in [5.41, 5.74) is -1.09. The fourth-order valence-electron chi connectivity index (χ4n) is 9.59. The molecule has 6 fully saturated rings. The minimum absolute atomic E-state index is 0.0298. The molecule has 8 aliphatic rings. The number of fused-ring (bicyclic) bond motifs is 4. The van der Waals surface area contributed by atoms with Gasteiger partial charge in [0.25, 0.3) is 0 Å². The Bertz CT molecular complexity index is 1340. The number of carbonyl (C=O) groups excluding carboxylic acids is 3. The summed E-state index contributed by atoms with van der Waals surface area (Å²) >= 11 is 0. The van der Waals surface area contributed by atoms with Gasteiger partial charge in [0.2, 0.25) is 6.29 Å². The predicted molar refractivity (Wildman–Crippen MR) is 140 cm³/mol. The topological polar surface area (TPSA) is 207 Å². The van der Waals surface area contributed by atoms with Gasteiger partial charge in [0.15, 0.2) is 11.7 Å². The van der Waals surface area contributed by atoms with Crippen molar-refractivity contribution in [3.63, 3.8) is 0 Å². The predicted octanol–water partition coefficient (Wildman–Crippen LogP) is -1.22. The second-order valence-electron chi connectivity index (χ2n) is 14.1. The summed E-state index contributed by atoms with van der Waals surface area (Å²) in [4.78, 5) is 38.4. The van der Waals surface area contributed by atoms with Crippen LogP contribution in [0.4, 0.5) is 0 Å². The summed E-state index contributed by atoms with van der Waals surface area (Å²) in [6.45, 7) is 5.81. The van der Waals surface area contributed by atoms with Crippen LogP contribution in [0.25, 0.3) is 0 Å². The highest BCUT2D eigenvalue weighted by Crippen LogP contribution is 2.83. The maximum absolute atomic E-state index is 13.4. The molecule has 0 aromatic heterocycles. The third-order valence-electron chi connectivity index (χ3n) is 11.9. The number of hydrogen-bond donors (Lipinski definition) is 4. The molecule has 0 radical (unpaired) electrons. The maximum atomic E-state index is 13.4. The number of epoxide rings is 3. The van der Waals surface area contributed by atoms with Gasteiger partial charge in [-0.15, -0.1) is 0 Å². The van der Waals surface area contributed by atoms with Crippen molar-refractivity contribution >= 4 is 17.9 Å². The van der Waals surface area contributed by atoms with E-state index < -0.39 is 84.0 Å². The van der Waals surface area contributed by atoms with E-state index in [1.807, 2.05) is 13.8 Å². The molecule has 3 aliphatic carbocycles. The molecule has 4 N–H and O–H groups in total. The summed E-state index contributed by atoms with van der Waals surface area (Å²) in [5.74, 6) is -1.81. The van der Waals surface area contributed by atoms with Crippen LogP contribution in [0.2, 0.25) is 0 Å². The second-order valence-corrected chi connectivity index (χ2v) is 14.1. The Hall–Kier alpha value is -2.17. The molecular weight excluding hydrogens is 584 g/mol. The molecule has 0 aromatic rings. The normalized spacial score (nSPS) is 52.4. The van der Waals surface area contributed by atoms with Crippen LogP contribution in [0.15, 0.2) is 11.1 Å². The van der Waals surface area contributed by atoms with E-state index in [2.05, 4.69) is 6.92 Å². The van der Waals surface area contributed by atoms with E-state index in [0.29, 0.717) is 19.3 Å². The third kappa shape index (κ3) is 3.40. The van der Waals surface area contributed by atoms with Gasteiger partial charge in [-0.25, -0.2) is 4.79 Å². The lowest BCUT2D eigenvalue weighted by Crippen LogP contribution is -2.70. The molecule has 0 aromatic carbocycles. The molecular formula is C30H38O14. The Labute approximate surface area is 252 Å². The molecule has 0 amide bonds. The standard InChI is InChI=1S/C30H38O14/c1-11(2)28-22(43-28)23-30(44-23)27(3)7-6-12-13(10-38-24(12)37)14(27)8-16-29(30,42-16)26(28)41-18(33)5-4-17(32)40-25-21(36)20(35)19(34)15(9-31)39-25/h11,14-16,19-23,25-26,31,34-36H,4-10H2,1-3H3/t14-,15+,16-,19+,20-,21+,22-,23-,25-,26+,27-,28-,29+,30+/m0/s1. The van der Waals surface area contributed by atoms with Crippen LogP contribution in [0.5, 0.6) is 0 Å². The van der Waals surface area contributed by atoms with Crippen molar-refractivity contribution < 1.29 is 68.0 Å². The van der Waals surface area contributed by atoms with Gasteiger partial charge in [-0.1, -0.05) is 20.8 Å². The van der Waals surface area contributed by atoms with Gasteiger partial charge < -0.3 is 53.6 Å². The van der Waals surface area contributed by atoms with E-state index in [1.54, 1.807) is 0 Å². The maximum Gasteiger partial charge on any atom is 0.334 e. The molecule has 4 saturated heterocycles. The largest absolute Gasteiger partial charge is 0.458 e. The Kier molecular flexibility index (Phi) is 6.13. The summed E-state index contributed by atoms with van der Waals surface area (Å²) in [6.07, 6.45) is -8.33. The van der Waals surface area contributed by atoms with Crippen molar-refractivity contribution in [2.45, 2.75) is 125 Å². The Morgan fingerprint density at radius 1 is 1.00 bits per heavy atom. The van der Waals surface area contributed by atoms with Crippen LogP contribution >= 0.6 is 0 Å². The Balaban J connectivity index is 1.00. The number of hydrogen-bond acceptors (Lipinski definition) is 14. The molecule has 14 atom stereocenters. The van der Waals surface area contributed by atoms with Gasteiger partial charge in [0.05, 0.1) is 25.6 Å². The van der Waals surface area contributed by atoms with E-state index >= 15 is 0 Å². The van der Waals surface area contributed by atoms with Gasteiger partial charge in [-0.05, 0) is 36.7 Å². The van der Waals surface area contributed by atoms with Crippen LogP contribution < -0.4 is 0 Å². The number of aliphatic hydroxyl groups excluding tert-OH is 4. The van der Waals surface area contributed by atoms with Gasteiger partial charge in [-0.3, -0.25) is 9.59 Å². The zero-order chi connectivity index (χ0) is 31.1. The lowest BCUT2D eigenvalue weighted by atomic mass is 9.46. The molecule has 242 valence electrons. The van der Waals surface area contributed by atoms with Gasteiger partial charge in [0, 0.05) is 11.0 Å². The highest BCUT2D eigenvalue weighted by atomic mass is 16.8. The molecule has 14 heteroatoms. The van der Waals surface area contributed by atoms with Crippen molar-refractivity contribution in [2.75, 3.05) is 13.2 Å². The van der Waals surface area contributed by atoms with E-state index in [4.69, 9.17) is 33.2 Å². The zero-order valence-corrected chi connectivity index (χ0v) is 24.7. The minimum Gasteiger partial charge on any atom is -0.458 e. The summed E-state index contributed by atoms with van der Waals surface area (Å²) in [6, 6.07) is 0. The van der Waals surface area contributed by atoms with Crippen LogP contribution in [0.3, 0.4) is 0 Å². The molecule has 5 heterocycles. The lowest BCUT2D eigenvalue weighted by Gasteiger charge is -2.53. The fourth-order valence-corrected chi connectivity index (χ4v) is 9.59. The Morgan fingerprint density at radius 2 is 1.73 bits per heavy atom. The van der Waals surface area contributed by atoms with Gasteiger partial charge in [-0.2, -0.15) is 0 Å². The Morgan fingerprint density at radius 3 is 2.43 bits per heavy atom. The number of cyclic esters (lactones) is 1. The third-order valence-corrected chi connectivity index (χ3v) is 11.9. The second kappa shape index (κ2) is 9.22. The molecule has 14 nitrogen and oxygen atoms in total. The molecule has 0 bridgehead atoms. The average molecular weight is 623 g/mol. The summed E-state index contributed by atoms with van der Waals surface area (Å²) < 4.78 is 41.6. The number of carbonyl (C=O) groups is 3. The summed E-state index contributed by atoms with van der Waals surface area (Å²) in [7, 11) is 0. The molecule has 44 heavy (non-hydrogen) atoms. The van der Waals surface area contributed by atoms with Gasteiger partial charge in [0.1, 0.15) is 54.4 Å². The van der Waals surface area contributed by atoms with Crippen molar-refractivity contribution in [1.82, 2.24) is 0 Å². The number of esters is 3. The first kappa shape index (κ1) is 29.2. The van der Waals surface area contributed by atoms with Crippen LogP contribution in [-0.4, -0.2) is 123 Å². The number of rotatable bonds is 7. The van der Waals surface area contributed by atoms with Crippen molar-refractivity contribution in [1.29, 1.82) is 0 Å². The molecule has 2 saturated carbocycles. The molecule has 8 rings (SSSR count). The van der Waals surface area contributed by atoms with Crippen LogP contribution in [-0.2, 0) is 47.5 Å². The van der Waals surface area contributed by atoms with E-state index in [9.17, 15) is 34.8 Å². The first-order valence-electron chi connectivity index (χ1n) is 15.5. The van der Waals surface area contributed by atoms with Crippen molar-refractivity contribution in [3.05, 3.63) is 11.1 Å². The summed E-state index contributed by atoms with van der Waals surface area (Å²) in [5, 5.41) is 39.4. The van der Waals surface area contributed by atoms with E-state index in [-0.39, 0.29) is 49.1 Å². The van der Waals surface area contributed by atoms with E-state index in [1.165, 1.54) is 0 Å². The van der Waals surface area contributed by atoms with E-state index in [0.717, 1.165) is 11.1 Å². The molecule has 5 aliphatic heterocycles. The van der Waals surface area contributed by atoms with Crippen LogP contribution in [0, 0.1) is 17.3 Å². The number of ether oxygens (including phenoxy) is 7.